The van der Waals surface area contributed by atoms with Gasteiger partial charge in [-0.15, -0.1) is 0 Å². The Bertz CT molecular complexity index is 978. The Morgan fingerprint density at radius 2 is 1.61 bits per heavy atom. The lowest BCUT2D eigenvalue weighted by Crippen LogP contribution is -2.60. The van der Waals surface area contributed by atoms with E-state index in [1.165, 1.54) is 19.3 Å². The van der Waals surface area contributed by atoms with Gasteiger partial charge in [0.25, 0.3) is 5.91 Å². The van der Waals surface area contributed by atoms with Crippen LogP contribution in [0.5, 0.6) is 5.75 Å². The molecule has 0 heterocycles. The fourth-order valence-electron chi connectivity index (χ4n) is 6.63. The minimum atomic E-state index is -0.432. The van der Waals surface area contributed by atoms with Crippen LogP contribution in [0.4, 0.5) is 0 Å². The van der Waals surface area contributed by atoms with Crippen LogP contribution in [-0.4, -0.2) is 31.1 Å². The first-order chi connectivity index (χ1) is 14.9. The number of benzene rings is 2. The number of ether oxygens (including phenoxy) is 2. The van der Waals surface area contributed by atoms with Gasteiger partial charge in [-0.2, -0.15) is 0 Å². The normalized spacial score (nSPS) is 29.5. The van der Waals surface area contributed by atoms with E-state index in [9.17, 15) is 9.59 Å². The van der Waals surface area contributed by atoms with Gasteiger partial charge in [-0.1, -0.05) is 24.3 Å². The van der Waals surface area contributed by atoms with Crippen molar-refractivity contribution < 1.29 is 19.1 Å². The average molecular weight is 422 g/mol. The van der Waals surface area contributed by atoms with Crippen molar-refractivity contribution >= 4 is 22.6 Å². The van der Waals surface area contributed by atoms with E-state index in [1.54, 1.807) is 7.11 Å². The zero-order chi connectivity index (χ0) is 21.6. The molecule has 6 rings (SSSR count). The summed E-state index contributed by atoms with van der Waals surface area (Å²) in [5.74, 6) is 2.14. The first-order valence-corrected chi connectivity index (χ1v) is 11.5. The molecule has 4 fully saturated rings. The minimum Gasteiger partial charge on any atom is -0.497 e. The van der Waals surface area contributed by atoms with Crippen LogP contribution in [0.2, 0.25) is 0 Å². The number of amides is 1. The first kappa shape index (κ1) is 20.3. The van der Waals surface area contributed by atoms with Crippen molar-refractivity contribution in [3.05, 3.63) is 42.0 Å². The zero-order valence-corrected chi connectivity index (χ0v) is 18.4. The number of fused-ring (bicyclic) bond motifs is 1. The summed E-state index contributed by atoms with van der Waals surface area (Å²) in [4.78, 5) is 25.3. The molecule has 4 saturated carbocycles. The molecule has 0 radical (unpaired) electrons. The van der Waals surface area contributed by atoms with E-state index in [1.807, 2.05) is 43.3 Å². The molecule has 0 aromatic heterocycles. The fraction of sp³-hybridized carbons (Fsp3) is 0.538. The summed E-state index contributed by atoms with van der Waals surface area (Å²) in [5, 5.41) is 5.36. The number of methoxy groups -OCH3 is 1. The maximum atomic E-state index is 12.6. The van der Waals surface area contributed by atoms with Gasteiger partial charge in [0.05, 0.1) is 13.0 Å². The summed E-state index contributed by atoms with van der Waals surface area (Å²) < 4.78 is 10.7. The second-order valence-electron chi connectivity index (χ2n) is 10.0. The molecule has 4 bridgehead atoms. The monoisotopic (exact) mass is 421 g/mol. The lowest BCUT2D eigenvalue weighted by Gasteiger charge is -2.56. The Balaban J connectivity index is 1.18. The van der Waals surface area contributed by atoms with Gasteiger partial charge >= 0.3 is 5.97 Å². The van der Waals surface area contributed by atoms with Gasteiger partial charge in [-0.05, 0) is 91.7 Å². The van der Waals surface area contributed by atoms with Crippen molar-refractivity contribution in [3.8, 4) is 5.75 Å². The zero-order valence-electron chi connectivity index (χ0n) is 18.4. The summed E-state index contributed by atoms with van der Waals surface area (Å²) in [6.07, 6.45) is 7.28. The smallest absolute Gasteiger partial charge is 0.313 e. The first-order valence-electron chi connectivity index (χ1n) is 11.5. The highest BCUT2D eigenvalue weighted by molar-refractivity contribution is 5.87. The summed E-state index contributed by atoms with van der Waals surface area (Å²) >= 11 is 0. The number of hydrogen-bond donors (Lipinski definition) is 1. The quantitative estimate of drug-likeness (QED) is 0.694. The standard InChI is InChI=1S/C26H31NO4/c1-16(20-3-4-22-11-23(30-2)6-5-21(22)10-20)25(29)31-15-24(28)27-26-12-17-7-18(13-26)9-19(8-17)14-26/h3-6,10-11,16-19H,7-9,12-15H2,1-2H3,(H,27,28)/t16-,17?,18?,19?,26?/m0/s1. The Kier molecular flexibility index (Phi) is 5.15. The topological polar surface area (TPSA) is 64.6 Å². The Hall–Kier alpha value is -2.56. The van der Waals surface area contributed by atoms with Crippen molar-refractivity contribution in [1.29, 1.82) is 0 Å². The van der Waals surface area contributed by atoms with Crippen LogP contribution in [0.25, 0.3) is 10.8 Å². The summed E-state index contributed by atoms with van der Waals surface area (Å²) in [6, 6.07) is 11.8. The predicted octanol–water partition coefficient (Wildman–Crippen LogP) is 4.58. The van der Waals surface area contributed by atoms with Crippen molar-refractivity contribution in [3.63, 3.8) is 0 Å². The minimum absolute atomic E-state index is 0.0523. The SMILES string of the molecule is COc1ccc2cc([C@H](C)C(=O)OCC(=O)NC34CC5CC(CC(C5)C3)C4)ccc2c1. The third-order valence-corrected chi connectivity index (χ3v) is 7.71. The summed E-state index contributed by atoms with van der Waals surface area (Å²) in [7, 11) is 1.65. The molecule has 2 aromatic carbocycles. The molecule has 0 saturated heterocycles. The molecule has 5 nitrogen and oxygen atoms in total. The van der Waals surface area contributed by atoms with Gasteiger partial charge in [-0.3, -0.25) is 9.59 Å². The van der Waals surface area contributed by atoms with Crippen LogP contribution in [0, 0.1) is 17.8 Å². The maximum absolute atomic E-state index is 12.6. The molecule has 4 aliphatic carbocycles. The van der Waals surface area contributed by atoms with Crippen molar-refractivity contribution in [2.75, 3.05) is 13.7 Å². The highest BCUT2D eigenvalue weighted by Crippen LogP contribution is 2.55. The van der Waals surface area contributed by atoms with Gasteiger partial charge < -0.3 is 14.8 Å². The highest BCUT2D eigenvalue weighted by atomic mass is 16.5. The van der Waals surface area contributed by atoms with Crippen LogP contribution in [-0.2, 0) is 14.3 Å². The number of carbonyl (C=O) groups excluding carboxylic acids is 2. The highest BCUT2D eigenvalue weighted by Gasteiger charge is 2.51. The fourth-order valence-corrected chi connectivity index (χ4v) is 6.63. The third-order valence-electron chi connectivity index (χ3n) is 7.71. The van der Waals surface area contributed by atoms with E-state index in [0.29, 0.717) is 0 Å². The molecule has 5 heteroatoms. The molecule has 31 heavy (non-hydrogen) atoms. The molecular weight excluding hydrogens is 390 g/mol. The summed E-state index contributed by atoms with van der Waals surface area (Å²) in [5.41, 5.74) is 0.827. The molecule has 164 valence electrons. The van der Waals surface area contributed by atoms with E-state index >= 15 is 0 Å². The Morgan fingerprint density at radius 3 is 2.26 bits per heavy atom. The van der Waals surface area contributed by atoms with Crippen molar-refractivity contribution in [1.82, 2.24) is 5.32 Å². The van der Waals surface area contributed by atoms with Gasteiger partial charge in [0.1, 0.15) is 5.75 Å². The van der Waals surface area contributed by atoms with Crippen molar-refractivity contribution in [2.24, 2.45) is 17.8 Å². The van der Waals surface area contributed by atoms with E-state index < -0.39 is 5.92 Å². The number of esters is 1. The van der Waals surface area contributed by atoms with Crippen LogP contribution in [0.15, 0.2) is 36.4 Å². The lowest BCUT2D eigenvalue weighted by atomic mass is 9.53. The molecule has 1 atom stereocenters. The second-order valence-corrected chi connectivity index (χ2v) is 10.0. The molecule has 0 aliphatic heterocycles. The van der Waals surface area contributed by atoms with E-state index in [-0.39, 0.29) is 24.0 Å². The van der Waals surface area contributed by atoms with Gasteiger partial charge in [0.2, 0.25) is 0 Å². The van der Waals surface area contributed by atoms with Crippen LogP contribution >= 0.6 is 0 Å². The Morgan fingerprint density at radius 1 is 1.00 bits per heavy atom. The van der Waals surface area contributed by atoms with Crippen LogP contribution in [0.3, 0.4) is 0 Å². The number of hydrogen-bond acceptors (Lipinski definition) is 4. The molecular formula is C26H31NO4. The molecule has 1 N–H and O–H groups in total. The number of carbonyl (C=O) groups is 2. The predicted molar refractivity (Wildman–Crippen MR) is 119 cm³/mol. The summed E-state index contributed by atoms with van der Waals surface area (Å²) in [6.45, 7) is 1.62. The van der Waals surface area contributed by atoms with Gasteiger partial charge in [-0.25, -0.2) is 0 Å². The molecule has 0 unspecified atom stereocenters. The van der Waals surface area contributed by atoms with Crippen molar-refractivity contribution in [2.45, 2.75) is 56.9 Å². The molecule has 4 aliphatic rings. The molecule has 2 aromatic rings. The maximum Gasteiger partial charge on any atom is 0.313 e. The number of nitrogens with one attached hydrogen (secondary N) is 1. The number of rotatable bonds is 6. The largest absolute Gasteiger partial charge is 0.497 e. The molecule has 1 amide bonds. The van der Waals surface area contributed by atoms with Gasteiger partial charge in [0.15, 0.2) is 6.61 Å². The molecule has 0 spiro atoms. The average Bonchev–Trinajstić information content (AvgIpc) is 2.75. The van der Waals surface area contributed by atoms with Gasteiger partial charge in [0, 0.05) is 5.54 Å². The van der Waals surface area contributed by atoms with E-state index in [0.717, 1.165) is 59.1 Å². The third kappa shape index (κ3) is 4.02. The lowest BCUT2D eigenvalue weighted by molar-refractivity contribution is -0.151. The van der Waals surface area contributed by atoms with Crippen LogP contribution < -0.4 is 10.1 Å². The van der Waals surface area contributed by atoms with Crippen LogP contribution in [0.1, 0.15) is 56.9 Å². The Labute approximate surface area is 183 Å². The second kappa shape index (κ2) is 7.85. The van der Waals surface area contributed by atoms with E-state index in [2.05, 4.69) is 5.32 Å². The van der Waals surface area contributed by atoms with E-state index in [4.69, 9.17) is 9.47 Å².